The highest BCUT2D eigenvalue weighted by molar-refractivity contribution is 5.97. The van der Waals surface area contributed by atoms with Crippen LogP contribution in [0.3, 0.4) is 0 Å². The van der Waals surface area contributed by atoms with Crippen molar-refractivity contribution in [3.8, 4) is 0 Å². The molecule has 1 heterocycles. The Labute approximate surface area is 114 Å². The number of furan rings is 1. The lowest BCUT2D eigenvalue weighted by atomic mass is 9.81. The van der Waals surface area contributed by atoms with Crippen LogP contribution in [0.25, 0.3) is 0 Å². The molecule has 0 spiro atoms. The van der Waals surface area contributed by atoms with Crippen LogP contribution >= 0.6 is 0 Å². The Morgan fingerprint density at radius 2 is 1.95 bits per heavy atom. The van der Waals surface area contributed by atoms with Crippen LogP contribution in [0.5, 0.6) is 0 Å². The fourth-order valence-corrected chi connectivity index (χ4v) is 2.76. The Morgan fingerprint density at radius 1 is 1.32 bits per heavy atom. The molecule has 1 aliphatic rings. The number of amides is 1. The van der Waals surface area contributed by atoms with E-state index in [1.807, 2.05) is 6.92 Å². The molecule has 0 aromatic carbocycles. The number of nitrogens with one attached hydrogen (secondary N) is 1. The average molecular weight is 262 g/mol. The largest absolute Gasteiger partial charge is 0.466 e. The number of aryl methyl sites for hydroxylation is 2. The highest BCUT2D eigenvalue weighted by Gasteiger charge is 2.23. The summed E-state index contributed by atoms with van der Waals surface area (Å²) in [6.07, 6.45) is 3.56. The summed E-state index contributed by atoms with van der Waals surface area (Å²) in [5.74, 6) is 2.11. The number of hydrogen-bond acceptors (Lipinski definition) is 3. The second-order valence-electron chi connectivity index (χ2n) is 5.54. The lowest BCUT2D eigenvalue weighted by Crippen LogP contribution is -2.29. The van der Waals surface area contributed by atoms with E-state index in [9.17, 15) is 4.79 Å². The highest BCUT2D eigenvalue weighted by Crippen LogP contribution is 2.25. The molecule has 1 aromatic rings. The minimum absolute atomic E-state index is 0.188. The van der Waals surface area contributed by atoms with E-state index in [0.717, 1.165) is 24.3 Å². The summed E-state index contributed by atoms with van der Waals surface area (Å²) in [5, 5.41) is 4.35. The molecule has 104 valence electrons. The molecule has 1 saturated carbocycles. The van der Waals surface area contributed by atoms with Crippen LogP contribution in [0.2, 0.25) is 0 Å². The van der Waals surface area contributed by atoms with Gasteiger partial charge >= 0.3 is 0 Å². The summed E-state index contributed by atoms with van der Waals surface area (Å²) < 4.78 is 5.36. The standard InChI is InChI=1S/C15H22N2O2/c1-9-6-5-7-10(2)14(9)16-17-15(18)13-8-11(3)19-12(13)4/h8-10H,5-7H2,1-4H3,(H,17,18)/t9-,10-/m0/s1. The second kappa shape index (κ2) is 5.59. The Kier molecular flexibility index (Phi) is 4.08. The molecule has 1 aliphatic carbocycles. The molecule has 0 unspecified atom stereocenters. The first kappa shape index (κ1) is 13.8. The predicted molar refractivity (Wildman–Crippen MR) is 75.3 cm³/mol. The van der Waals surface area contributed by atoms with Crippen LogP contribution in [0.1, 0.15) is 55.0 Å². The van der Waals surface area contributed by atoms with Gasteiger partial charge in [0, 0.05) is 5.71 Å². The van der Waals surface area contributed by atoms with Crippen molar-refractivity contribution in [2.75, 3.05) is 0 Å². The molecular formula is C15H22N2O2. The van der Waals surface area contributed by atoms with Crippen molar-refractivity contribution in [2.45, 2.75) is 47.0 Å². The summed E-state index contributed by atoms with van der Waals surface area (Å²) in [5.41, 5.74) is 4.35. The Morgan fingerprint density at radius 3 is 2.47 bits per heavy atom. The van der Waals surface area contributed by atoms with E-state index >= 15 is 0 Å². The molecule has 1 N–H and O–H groups in total. The molecule has 0 aliphatic heterocycles. The van der Waals surface area contributed by atoms with E-state index in [0.29, 0.717) is 23.2 Å². The molecule has 1 fully saturated rings. The van der Waals surface area contributed by atoms with Gasteiger partial charge in [0.15, 0.2) is 0 Å². The van der Waals surface area contributed by atoms with Crippen LogP contribution in [-0.4, -0.2) is 11.6 Å². The van der Waals surface area contributed by atoms with Crippen molar-refractivity contribution in [2.24, 2.45) is 16.9 Å². The molecule has 4 nitrogen and oxygen atoms in total. The smallest absolute Gasteiger partial charge is 0.274 e. The third-order valence-corrected chi connectivity index (χ3v) is 3.86. The zero-order valence-corrected chi connectivity index (χ0v) is 12.1. The van der Waals surface area contributed by atoms with Crippen LogP contribution in [0.15, 0.2) is 15.6 Å². The van der Waals surface area contributed by atoms with E-state index in [4.69, 9.17) is 4.42 Å². The van der Waals surface area contributed by atoms with Gasteiger partial charge in [-0.1, -0.05) is 20.3 Å². The van der Waals surface area contributed by atoms with Gasteiger partial charge in [-0.2, -0.15) is 5.10 Å². The van der Waals surface area contributed by atoms with Crippen molar-refractivity contribution < 1.29 is 9.21 Å². The van der Waals surface area contributed by atoms with Gasteiger partial charge in [-0.3, -0.25) is 4.79 Å². The van der Waals surface area contributed by atoms with Crippen molar-refractivity contribution in [3.63, 3.8) is 0 Å². The number of carbonyl (C=O) groups excluding carboxylic acids is 1. The molecule has 0 saturated heterocycles. The summed E-state index contributed by atoms with van der Waals surface area (Å²) in [7, 11) is 0. The Bertz CT molecular complexity index is 490. The first-order chi connectivity index (χ1) is 8.99. The van der Waals surface area contributed by atoms with E-state index < -0.39 is 0 Å². The van der Waals surface area contributed by atoms with Gasteiger partial charge in [0.1, 0.15) is 11.5 Å². The van der Waals surface area contributed by atoms with Crippen LogP contribution in [0.4, 0.5) is 0 Å². The summed E-state index contributed by atoms with van der Waals surface area (Å²) in [6, 6.07) is 1.75. The SMILES string of the molecule is Cc1cc(C(=O)NN=C2[C@@H](C)CCC[C@@H]2C)c(C)o1. The highest BCUT2D eigenvalue weighted by atomic mass is 16.3. The fraction of sp³-hybridized carbons (Fsp3) is 0.600. The van der Waals surface area contributed by atoms with Crippen LogP contribution in [0, 0.1) is 25.7 Å². The summed E-state index contributed by atoms with van der Waals surface area (Å²) >= 11 is 0. The molecule has 2 rings (SSSR count). The van der Waals surface area contributed by atoms with E-state index in [1.165, 1.54) is 6.42 Å². The minimum Gasteiger partial charge on any atom is -0.466 e. The van der Waals surface area contributed by atoms with Gasteiger partial charge in [0.2, 0.25) is 0 Å². The number of rotatable bonds is 2. The lowest BCUT2D eigenvalue weighted by Gasteiger charge is -2.26. The van der Waals surface area contributed by atoms with Crippen molar-refractivity contribution in [3.05, 3.63) is 23.2 Å². The number of hydrazone groups is 1. The fourth-order valence-electron chi connectivity index (χ4n) is 2.76. The molecule has 2 atom stereocenters. The molecule has 4 heteroatoms. The van der Waals surface area contributed by atoms with Crippen molar-refractivity contribution in [1.29, 1.82) is 0 Å². The zero-order valence-electron chi connectivity index (χ0n) is 12.1. The molecule has 19 heavy (non-hydrogen) atoms. The maximum Gasteiger partial charge on any atom is 0.274 e. The topological polar surface area (TPSA) is 54.6 Å². The number of carbonyl (C=O) groups is 1. The quantitative estimate of drug-likeness (QED) is 0.830. The molecule has 1 aromatic heterocycles. The van der Waals surface area contributed by atoms with Crippen molar-refractivity contribution >= 4 is 11.6 Å². The molecule has 1 amide bonds. The predicted octanol–water partition coefficient (Wildman–Crippen LogP) is 3.44. The van der Waals surface area contributed by atoms with E-state index in [1.54, 1.807) is 13.0 Å². The Hall–Kier alpha value is -1.58. The normalized spacial score (nSPS) is 23.3. The van der Waals surface area contributed by atoms with Gasteiger partial charge in [0.25, 0.3) is 5.91 Å². The summed E-state index contributed by atoms with van der Waals surface area (Å²) in [6.45, 7) is 7.98. The molecular weight excluding hydrogens is 240 g/mol. The maximum atomic E-state index is 12.1. The van der Waals surface area contributed by atoms with Crippen molar-refractivity contribution in [1.82, 2.24) is 5.43 Å². The van der Waals surface area contributed by atoms with Crippen LogP contribution < -0.4 is 5.43 Å². The Balaban J connectivity index is 2.09. The molecule has 0 radical (unpaired) electrons. The first-order valence-corrected chi connectivity index (χ1v) is 6.94. The average Bonchev–Trinajstić information content (AvgIpc) is 2.67. The third kappa shape index (κ3) is 3.06. The summed E-state index contributed by atoms with van der Waals surface area (Å²) in [4.78, 5) is 12.1. The van der Waals surface area contributed by atoms with Gasteiger partial charge in [-0.15, -0.1) is 0 Å². The zero-order chi connectivity index (χ0) is 14.0. The van der Waals surface area contributed by atoms with Gasteiger partial charge in [-0.25, -0.2) is 5.43 Å². The van der Waals surface area contributed by atoms with Gasteiger partial charge in [0.05, 0.1) is 5.56 Å². The maximum absolute atomic E-state index is 12.1. The monoisotopic (exact) mass is 262 g/mol. The minimum atomic E-state index is -0.188. The number of hydrogen-bond donors (Lipinski definition) is 1. The van der Waals surface area contributed by atoms with E-state index in [-0.39, 0.29) is 5.91 Å². The molecule has 0 bridgehead atoms. The third-order valence-electron chi connectivity index (χ3n) is 3.86. The second-order valence-corrected chi connectivity index (χ2v) is 5.54. The number of nitrogens with zero attached hydrogens (tertiary/aromatic N) is 1. The first-order valence-electron chi connectivity index (χ1n) is 6.94. The van der Waals surface area contributed by atoms with Gasteiger partial charge < -0.3 is 4.42 Å². The van der Waals surface area contributed by atoms with E-state index in [2.05, 4.69) is 24.4 Å². The van der Waals surface area contributed by atoms with Crippen LogP contribution in [-0.2, 0) is 0 Å². The van der Waals surface area contributed by atoms with Gasteiger partial charge in [-0.05, 0) is 44.6 Å². The lowest BCUT2D eigenvalue weighted by molar-refractivity contribution is 0.0952.